The summed E-state index contributed by atoms with van der Waals surface area (Å²) in [6.07, 6.45) is 1.54. The van der Waals surface area contributed by atoms with Crippen LogP contribution in [0.5, 0.6) is 0 Å². The molecule has 1 aromatic heterocycles. The van der Waals surface area contributed by atoms with Crippen LogP contribution in [-0.4, -0.2) is 20.0 Å². The summed E-state index contributed by atoms with van der Waals surface area (Å²) >= 11 is 0. The van der Waals surface area contributed by atoms with Crippen LogP contribution in [0.3, 0.4) is 0 Å². The molecule has 0 atom stereocenters. The van der Waals surface area contributed by atoms with E-state index in [-0.39, 0.29) is 29.6 Å². The summed E-state index contributed by atoms with van der Waals surface area (Å²) in [5.41, 5.74) is 4.27. The number of hydrazone groups is 1. The van der Waals surface area contributed by atoms with Gasteiger partial charge in [0.15, 0.2) is 0 Å². The lowest BCUT2D eigenvalue weighted by Crippen LogP contribution is -2.23. The van der Waals surface area contributed by atoms with Gasteiger partial charge in [-0.2, -0.15) is 5.10 Å². The summed E-state index contributed by atoms with van der Waals surface area (Å²) in [5, 5.41) is 4.04. The van der Waals surface area contributed by atoms with Crippen LogP contribution in [0, 0.1) is 5.82 Å². The lowest BCUT2D eigenvalue weighted by atomic mass is 10.1. The highest BCUT2D eigenvalue weighted by Gasteiger charge is 2.14. The van der Waals surface area contributed by atoms with Crippen molar-refractivity contribution in [1.82, 2.24) is 10.1 Å². The Labute approximate surface area is 173 Å². The highest BCUT2D eigenvalue weighted by atomic mass is 32.2. The Bertz CT molecular complexity index is 1120. The Kier molecular flexibility index (Phi) is 6.76. The van der Waals surface area contributed by atoms with Crippen LogP contribution < -0.4 is 10.1 Å². The van der Waals surface area contributed by atoms with Gasteiger partial charge in [0.1, 0.15) is 11.6 Å². The molecule has 0 spiro atoms. The molecule has 156 valence electrons. The van der Waals surface area contributed by atoms with E-state index in [4.69, 9.17) is 4.42 Å². The molecule has 1 amide bonds. The van der Waals surface area contributed by atoms with Gasteiger partial charge in [-0.15, -0.1) is 0 Å². The molecule has 0 aliphatic rings. The van der Waals surface area contributed by atoms with Crippen molar-refractivity contribution in [3.63, 3.8) is 0 Å². The number of furan rings is 1. The number of nitrogens with one attached hydrogen (secondary N) is 2. The Balaban J connectivity index is 1.58. The molecule has 0 radical (unpaired) electrons. The molecule has 30 heavy (non-hydrogen) atoms. The van der Waals surface area contributed by atoms with E-state index in [9.17, 15) is 17.6 Å². The van der Waals surface area contributed by atoms with Crippen molar-refractivity contribution >= 4 is 21.6 Å². The van der Waals surface area contributed by atoms with E-state index in [0.29, 0.717) is 22.6 Å². The Morgan fingerprint density at radius 2 is 1.77 bits per heavy atom. The van der Waals surface area contributed by atoms with Crippen molar-refractivity contribution in [2.75, 3.05) is 0 Å². The van der Waals surface area contributed by atoms with Crippen LogP contribution in [0.15, 0.2) is 81.3 Å². The summed E-state index contributed by atoms with van der Waals surface area (Å²) in [6, 6.07) is 15.1. The SMILES string of the molecule is C/C(=N\NC(=O)Cc1ccc(F)cc1)c1ccc(S(=O)(=O)NCc2ccco2)cc1. The minimum Gasteiger partial charge on any atom is -0.468 e. The van der Waals surface area contributed by atoms with Gasteiger partial charge in [0.25, 0.3) is 0 Å². The lowest BCUT2D eigenvalue weighted by Gasteiger charge is -2.07. The average molecular weight is 429 g/mol. The first-order valence-corrected chi connectivity index (χ1v) is 10.5. The fourth-order valence-electron chi connectivity index (χ4n) is 2.58. The number of amides is 1. The third kappa shape index (κ3) is 5.85. The van der Waals surface area contributed by atoms with Crippen LogP contribution in [0.2, 0.25) is 0 Å². The molecular formula is C21H20FN3O4S. The number of sulfonamides is 1. The third-order valence-corrected chi connectivity index (χ3v) is 5.64. The number of rotatable bonds is 8. The van der Waals surface area contributed by atoms with Gasteiger partial charge in [-0.3, -0.25) is 4.79 Å². The van der Waals surface area contributed by atoms with Gasteiger partial charge in [-0.25, -0.2) is 23.0 Å². The second-order valence-electron chi connectivity index (χ2n) is 6.46. The van der Waals surface area contributed by atoms with E-state index >= 15 is 0 Å². The molecule has 0 aliphatic heterocycles. The standard InChI is InChI=1S/C21H20FN3O4S/c1-15(24-25-21(26)13-16-4-8-18(22)9-5-16)17-6-10-20(11-7-17)30(27,28)23-14-19-3-2-12-29-19/h2-12,23H,13-14H2,1H3,(H,25,26)/b24-15+. The largest absolute Gasteiger partial charge is 0.468 e. The number of benzene rings is 2. The number of nitrogens with zero attached hydrogens (tertiary/aromatic N) is 1. The molecule has 0 saturated carbocycles. The van der Waals surface area contributed by atoms with E-state index in [1.165, 1.54) is 42.7 Å². The van der Waals surface area contributed by atoms with Crippen LogP contribution in [-0.2, 0) is 27.8 Å². The van der Waals surface area contributed by atoms with Gasteiger partial charge in [0.2, 0.25) is 15.9 Å². The van der Waals surface area contributed by atoms with Gasteiger partial charge in [0, 0.05) is 0 Å². The van der Waals surface area contributed by atoms with Crippen LogP contribution >= 0.6 is 0 Å². The Hall–Kier alpha value is -3.30. The Morgan fingerprint density at radius 1 is 1.07 bits per heavy atom. The number of halogens is 1. The molecule has 1 heterocycles. The van der Waals surface area contributed by atoms with E-state index in [0.717, 1.165) is 0 Å². The van der Waals surface area contributed by atoms with Crippen molar-refractivity contribution in [3.8, 4) is 0 Å². The lowest BCUT2D eigenvalue weighted by molar-refractivity contribution is -0.120. The van der Waals surface area contributed by atoms with Gasteiger partial charge in [0.05, 0.1) is 29.8 Å². The van der Waals surface area contributed by atoms with Crippen LogP contribution in [0.4, 0.5) is 4.39 Å². The maximum Gasteiger partial charge on any atom is 0.244 e. The summed E-state index contributed by atoms with van der Waals surface area (Å²) in [4.78, 5) is 12.1. The quantitative estimate of drug-likeness (QED) is 0.425. The van der Waals surface area contributed by atoms with Crippen molar-refractivity contribution in [2.45, 2.75) is 24.8 Å². The van der Waals surface area contributed by atoms with Crippen molar-refractivity contribution < 1.29 is 22.0 Å². The first-order chi connectivity index (χ1) is 14.3. The first kappa shape index (κ1) is 21.4. The van der Waals surface area contributed by atoms with Gasteiger partial charge in [-0.1, -0.05) is 24.3 Å². The number of carbonyl (C=O) groups is 1. The van der Waals surface area contributed by atoms with E-state index < -0.39 is 10.0 Å². The molecule has 2 aromatic carbocycles. The molecule has 0 aliphatic carbocycles. The smallest absolute Gasteiger partial charge is 0.244 e. The summed E-state index contributed by atoms with van der Waals surface area (Å²) in [7, 11) is -3.69. The molecule has 9 heteroatoms. The van der Waals surface area contributed by atoms with Crippen molar-refractivity contribution in [1.29, 1.82) is 0 Å². The van der Waals surface area contributed by atoms with Gasteiger partial charge < -0.3 is 4.42 Å². The van der Waals surface area contributed by atoms with Crippen LogP contribution in [0.25, 0.3) is 0 Å². The molecule has 0 fully saturated rings. The average Bonchev–Trinajstić information content (AvgIpc) is 3.26. The number of hydrogen-bond acceptors (Lipinski definition) is 5. The fourth-order valence-corrected chi connectivity index (χ4v) is 3.57. The maximum absolute atomic E-state index is 12.9. The van der Waals surface area contributed by atoms with E-state index in [2.05, 4.69) is 15.2 Å². The first-order valence-electron chi connectivity index (χ1n) is 9.03. The molecule has 0 unspecified atom stereocenters. The van der Waals surface area contributed by atoms with Crippen molar-refractivity contribution in [3.05, 3.63) is 89.6 Å². The monoisotopic (exact) mass is 429 g/mol. The van der Waals surface area contributed by atoms with Crippen LogP contribution in [0.1, 0.15) is 23.8 Å². The predicted molar refractivity (Wildman–Crippen MR) is 110 cm³/mol. The van der Waals surface area contributed by atoms with E-state index in [1.807, 2.05) is 0 Å². The zero-order valence-electron chi connectivity index (χ0n) is 16.1. The number of hydrogen-bond donors (Lipinski definition) is 2. The third-order valence-electron chi connectivity index (χ3n) is 4.23. The second-order valence-corrected chi connectivity index (χ2v) is 8.23. The molecule has 2 N–H and O–H groups in total. The molecule has 7 nitrogen and oxygen atoms in total. The van der Waals surface area contributed by atoms with E-state index in [1.54, 1.807) is 31.2 Å². The molecular weight excluding hydrogens is 409 g/mol. The predicted octanol–water partition coefficient (Wildman–Crippen LogP) is 2.98. The molecule has 0 saturated heterocycles. The molecule has 3 aromatic rings. The Morgan fingerprint density at radius 3 is 2.40 bits per heavy atom. The highest BCUT2D eigenvalue weighted by Crippen LogP contribution is 2.12. The topological polar surface area (TPSA) is 101 Å². The summed E-state index contributed by atoms with van der Waals surface area (Å²) in [6.45, 7) is 1.74. The zero-order chi connectivity index (χ0) is 21.6. The normalized spacial score (nSPS) is 12.0. The molecule has 3 rings (SSSR count). The maximum atomic E-state index is 12.9. The number of carbonyl (C=O) groups excluding carboxylic acids is 1. The minimum atomic E-state index is -3.69. The zero-order valence-corrected chi connectivity index (χ0v) is 16.9. The minimum absolute atomic E-state index is 0.0532. The molecule has 0 bridgehead atoms. The summed E-state index contributed by atoms with van der Waals surface area (Å²) < 4.78 is 45.2. The highest BCUT2D eigenvalue weighted by molar-refractivity contribution is 7.89. The van der Waals surface area contributed by atoms with Gasteiger partial charge >= 0.3 is 0 Å². The van der Waals surface area contributed by atoms with Gasteiger partial charge in [-0.05, 0) is 54.4 Å². The fraction of sp³-hybridized carbons (Fsp3) is 0.143. The summed E-state index contributed by atoms with van der Waals surface area (Å²) in [5.74, 6) is -0.202. The van der Waals surface area contributed by atoms with Crippen molar-refractivity contribution in [2.24, 2.45) is 5.10 Å². The second kappa shape index (κ2) is 9.47.